The summed E-state index contributed by atoms with van der Waals surface area (Å²) < 4.78 is 10.7. The molecule has 3 rings (SSSR count). The minimum atomic E-state index is 0.000113. The maximum absolute atomic E-state index is 12.7. The molecule has 118 valence electrons. The number of benzene rings is 1. The molecule has 0 atom stereocenters. The highest BCUT2D eigenvalue weighted by molar-refractivity contribution is 6.30. The van der Waals surface area contributed by atoms with Crippen LogP contribution < -0.4 is 0 Å². The summed E-state index contributed by atoms with van der Waals surface area (Å²) in [5.41, 5.74) is 0.920. The molecule has 0 saturated carbocycles. The normalized spacial score (nSPS) is 10.7. The molecule has 2 heterocycles. The highest BCUT2D eigenvalue weighted by Crippen LogP contribution is 2.15. The number of amides is 1. The molecule has 5 heteroatoms. The van der Waals surface area contributed by atoms with E-state index in [0.717, 1.165) is 17.1 Å². The fourth-order valence-electron chi connectivity index (χ4n) is 2.30. The van der Waals surface area contributed by atoms with Crippen LogP contribution in [0.25, 0.3) is 0 Å². The van der Waals surface area contributed by atoms with E-state index in [2.05, 4.69) is 0 Å². The molecule has 0 unspecified atom stereocenters. The van der Waals surface area contributed by atoms with E-state index in [-0.39, 0.29) is 5.91 Å². The average molecular weight is 330 g/mol. The summed E-state index contributed by atoms with van der Waals surface area (Å²) in [6.07, 6.45) is 3.51. The highest BCUT2D eigenvalue weighted by Gasteiger charge is 2.17. The summed E-state index contributed by atoms with van der Waals surface area (Å²) >= 11 is 5.88. The Morgan fingerprint density at radius 3 is 1.96 bits per heavy atom. The van der Waals surface area contributed by atoms with Gasteiger partial charge in [-0.15, -0.1) is 0 Å². The summed E-state index contributed by atoms with van der Waals surface area (Å²) in [4.78, 5) is 14.4. The molecule has 2 aromatic heterocycles. The van der Waals surface area contributed by atoms with Crippen LogP contribution in [0.3, 0.4) is 0 Å². The van der Waals surface area contributed by atoms with Gasteiger partial charge in [0, 0.05) is 5.02 Å². The molecule has 0 fully saturated rings. The Kier molecular flexibility index (Phi) is 4.83. The van der Waals surface area contributed by atoms with Gasteiger partial charge in [0.05, 0.1) is 32.0 Å². The minimum Gasteiger partial charge on any atom is -0.467 e. The van der Waals surface area contributed by atoms with Crippen molar-refractivity contribution < 1.29 is 13.6 Å². The number of rotatable bonds is 6. The predicted octanol–water partition coefficient (Wildman–Crippen LogP) is 4.30. The van der Waals surface area contributed by atoms with Gasteiger partial charge in [-0.25, -0.2) is 0 Å². The Labute approximate surface area is 139 Å². The number of hydrogen-bond acceptors (Lipinski definition) is 3. The van der Waals surface area contributed by atoms with Crippen LogP contribution in [0.2, 0.25) is 5.02 Å². The second-order valence-electron chi connectivity index (χ2n) is 5.21. The van der Waals surface area contributed by atoms with Crippen molar-refractivity contribution in [3.8, 4) is 0 Å². The molecular weight excluding hydrogens is 314 g/mol. The summed E-state index contributed by atoms with van der Waals surface area (Å²) in [5, 5.41) is 0.657. The van der Waals surface area contributed by atoms with E-state index in [1.165, 1.54) is 0 Å². The Balaban J connectivity index is 1.73. The van der Waals surface area contributed by atoms with E-state index >= 15 is 0 Å². The standard InChI is InChI=1S/C18H16ClNO3/c19-15-7-5-14(6-8-15)11-18(21)20(12-16-3-1-9-22-16)13-17-4-2-10-23-17/h1-10H,11-13H2. The Morgan fingerprint density at radius 1 is 0.913 bits per heavy atom. The number of carbonyl (C=O) groups is 1. The molecule has 0 aliphatic rings. The van der Waals surface area contributed by atoms with Gasteiger partial charge in [0.2, 0.25) is 5.91 Å². The maximum Gasteiger partial charge on any atom is 0.227 e. The van der Waals surface area contributed by atoms with Gasteiger partial charge in [-0.3, -0.25) is 4.79 Å². The lowest BCUT2D eigenvalue weighted by molar-refractivity contribution is -0.132. The van der Waals surface area contributed by atoms with Crippen molar-refractivity contribution in [2.45, 2.75) is 19.5 Å². The monoisotopic (exact) mass is 329 g/mol. The second kappa shape index (κ2) is 7.20. The lowest BCUT2D eigenvalue weighted by Crippen LogP contribution is -2.31. The number of nitrogens with zero attached hydrogens (tertiary/aromatic N) is 1. The van der Waals surface area contributed by atoms with Crippen molar-refractivity contribution in [3.63, 3.8) is 0 Å². The smallest absolute Gasteiger partial charge is 0.227 e. The number of halogens is 1. The molecule has 1 amide bonds. The maximum atomic E-state index is 12.7. The van der Waals surface area contributed by atoms with Crippen LogP contribution in [0.4, 0.5) is 0 Å². The van der Waals surface area contributed by atoms with E-state index < -0.39 is 0 Å². The number of carbonyl (C=O) groups excluding carboxylic acids is 1. The van der Waals surface area contributed by atoms with Crippen molar-refractivity contribution in [1.82, 2.24) is 4.90 Å². The highest BCUT2D eigenvalue weighted by atomic mass is 35.5. The van der Waals surface area contributed by atoms with Crippen LogP contribution in [0, 0.1) is 0 Å². The lowest BCUT2D eigenvalue weighted by atomic mass is 10.1. The van der Waals surface area contributed by atoms with Crippen molar-refractivity contribution in [2.75, 3.05) is 0 Å². The summed E-state index contributed by atoms with van der Waals surface area (Å²) in [7, 11) is 0. The van der Waals surface area contributed by atoms with Gasteiger partial charge >= 0.3 is 0 Å². The zero-order valence-corrected chi connectivity index (χ0v) is 13.2. The third-order valence-corrected chi connectivity index (χ3v) is 3.73. The lowest BCUT2D eigenvalue weighted by Gasteiger charge is -2.20. The fraction of sp³-hybridized carbons (Fsp3) is 0.167. The molecule has 0 aliphatic carbocycles. The van der Waals surface area contributed by atoms with Crippen molar-refractivity contribution in [1.29, 1.82) is 0 Å². The summed E-state index contributed by atoms with van der Waals surface area (Å²) in [6.45, 7) is 0.806. The summed E-state index contributed by atoms with van der Waals surface area (Å²) in [5.74, 6) is 1.47. The molecule has 0 N–H and O–H groups in total. The van der Waals surface area contributed by atoms with E-state index in [0.29, 0.717) is 24.5 Å². The minimum absolute atomic E-state index is 0.000113. The zero-order valence-electron chi connectivity index (χ0n) is 12.4. The molecule has 0 spiro atoms. The SMILES string of the molecule is O=C(Cc1ccc(Cl)cc1)N(Cc1ccco1)Cc1ccco1. The van der Waals surface area contributed by atoms with Gasteiger partial charge in [-0.05, 0) is 42.0 Å². The second-order valence-corrected chi connectivity index (χ2v) is 5.65. The molecule has 0 saturated heterocycles. The van der Waals surface area contributed by atoms with Crippen LogP contribution in [0.5, 0.6) is 0 Å². The number of furan rings is 2. The van der Waals surface area contributed by atoms with Crippen LogP contribution in [-0.2, 0) is 24.3 Å². The molecule has 0 aliphatic heterocycles. The third-order valence-electron chi connectivity index (χ3n) is 3.47. The molecule has 4 nitrogen and oxygen atoms in total. The van der Waals surface area contributed by atoms with Crippen LogP contribution >= 0.6 is 11.6 Å². The van der Waals surface area contributed by atoms with Crippen LogP contribution in [0.15, 0.2) is 69.9 Å². The molecule has 1 aromatic carbocycles. The van der Waals surface area contributed by atoms with E-state index in [9.17, 15) is 4.79 Å². The van der Waals surface area contributed by atoms with Gasteiger partial charge in [0.15, 0.2) is 0 Å². The molecule has 3 aromatic rings. The molecule has 0 bridgehead atoms. The quantitative estimate of drug-likeness (QED) is 0.677. The summed E-state index contributed by atoms with van der Waals surface area (Å²) in [6, 6.07) is 14.6. The molecule has 23 heavy (non-hydrogen) atoms. The largest absolute Gasteiger partial charge is 0.467 e. The van der Waals surface area contributed by atoms with Gasteiger partial charge in [0.1, 0.15) is 11.5 Å². The van der Waals surface area contributed by atoms with Crippen LogP contribution in [-0.4, -0.2) is 10.8 Å². The molecular formula is C18H16ClNO3. The van der Waals surface area contributed by atoms with Crippen molar-refractivity contribution >= 4 is 17.5 Å². The van der Waals surface area contributed by atoms with Crippen molar-refractivity contribution in [3.05, 3.63) is 83.2 Å². The predicted molar refractivity (Wildman–Crippen MR) is 86.8 cm³/mol. The first-order chi connectivity index (χ1) is 11.2. The fourth-order valence-corrected chi connectivity index (χ4v) is 2.43. The zero-order chi connectivity index (χ0) is 16.1. The van der Waals surface area contributed by atoms with Crippen molar-refractivity contribution in [2.24, 2.45) is 0 Å². The number of hydrogen-bond donors (Lipinski definition) is 0. The third kappa shape index (κ3) is 4.27. The first kappa shape index (κ1) is 15.4. The van der Waals surface area contributed by atoms with Gasteiger partial charge in [-0.2, -0.15) is 0 Å². The average Bonchev–Trinajstić information content (AvgIpc) is 3.22. The molecule has 0 radical (unpaired) electrons. The van der Waals surface area contributed by atoms with Gasteiger partial charge in [0.25, 0.3) is 0 Å². The first-order valence-electron chi connectivity index (χ1n) is 7.28. The van der Waals surface area contributed by atoms with E-state index in [1.807, 2.05) is 36.4 Å². The Hall–Kier alpha value is -2.46. The van der Waals surface area contributed by atoms with E-state index in [4.69, 9.17) is 20.4 Å². The first-order valence-corrected chi connectivity index (χ1v) is 7.65. The Bertz CT molecular complexity index is 697. The van der Waals surface area contributed by atoms with E-state index in [1.54, 1.807) is 29.6 Å². The van der Waals surface area contributed by atoms with Crippen LogP contribution in [0.1, 0.15) is 17.1 Å². The van der Waals surface area contributed by atoms with Gasteiger partial charge < -0.3 is 13.7 Å². The Morgan fingerprint density at radius 2 is 1.48 bits per heavy atom. The topological polar surface area (TPSA) is 46.6 Å². The van der Waals surface area contributed by atoms with Gasteiger partial charge in [-0.1, -0.05) is 23.7 Å².